The van der Waals surface area contributed by atoms with Crippen molar-refractivity contribution >= 4 is 11.9 Å². The van der Waals surface area contributed by atoms with Crippen LogP contribution in [0.15, 0.2) is 18.2 Å². The Hall–Kier alpha value is -2.24. The van der Waals surface area contributed by atoms with E-state index in [1.165, 1.54) is 0 Å². The molecule has 2 rings (SSSR count). The van der Waals surface area contributed by atoms with Crippen LogP contribution in [0.4, 0.5) is 0 Å². The van der Waals surface area contributed by atoms with Crippen molar-refractivity contribution in [2.45, 2.75) is 26.3 Å². The highest BCUT2D eigenvalue weighted by Crippen LogP contribution is 2.32. The van der Waals surface area contributed by atoms with E-state index in [-0.39, 0.29) is 31.5 Å². The first kappa shape index (κ1) is 15.2. The number of nitrogens with zero attached hydrogens (tertiary/aromatic N) is 1. The Morgan fingerprint density at radius 3 is 2.76 bits per heavy atom. The molecule has 1 heterocycles. The quantitative estimate of drug-likeness (QED) is 0.747. The Morgan fingerprint density at radius 2 is 2.00 bits per heavy atom. The maximum Gasteiger partial charge on any atom is 0.306 e. The van der Waals surface area contributed by atoms with Gasteiger partial charge in [-0.3, -0.25) is 9.59 Å². The maximum absolute atomic E-state index is 12.0. The van der Waals surface area contributed by atoms with Gasteiger partial charge in [0, 0.05) is 20.0 Å². The highest BCUT2D eigenvalue weighted by atomic mass is 16.7. The standard InChI is InChI=1S/C15H19NO5/c1-3-19-15(18)7-6-14(17)16(2)9-11-4-5-12-13(8-11)21-10-20-12/h4-5,8H,3,6-7,9-10H2,1-2H3. The largest absolute Gasteiger partial charge is 0.466 e. The second-order valence-electron chi connectivity index (χ2n) is 4.74. The summed E-state index contributed by atoms with van der Waals surface area (Å²) >= 11 is 0. The molecule has 21 heavy (non-hydrogen) atoms. The highest BCUT2D eigenvalue weighted by molar-refractivity contribution is 5.81. The Kier molecular flexibility index (Phi) is 5.03. The molecule has 0 bridgehead atoms. The van der Waals surface area contributed by atoms with Crippen LogP contribution in [0.25, 0.3) is 0 Å². The average Bonchev–Trinajstić information content (AvgIpc) is 2.92. The number of carbonyl (C=O) groups is 2. The van der Waals surface area contributed by atoms with Crippen LogP contribution in [0.5, 0.6) is 11.5 Å². The maximum atomic E-state index is 12.0. The summed E-state index contributed by atoms with van der Waals surface area (Å²) in [6, 6.07) is 5.58. The monoisotopic (exact) mass is 293 g/mol. The van der Waals surface area contributed by atoms with E-state index in [1.54, 1.807) is 18.9 Å². The molecule has 1 aromatic carbocycles. The number of ether oxygens (including phenoxy) is 3. The Balaban J connectivity index is 1.84. The third kappa shape index (κ3) is 4.11. The van der Waals surface area contributed by atoms with Gasteiger partial charge in [0.15, 0.2) is 11.5 Å². The van der Waals surface area contributed by atoms with Gasteiger partial charge in [0.25, 0.3) is 0 Å². The second kappa shape index (κ2) is 6.97. The van der Waals surface area contributed by atoms with Crippen molar-refractivity contribution in [1.82, 2.24) is 4.90 Å². The SMILES string of the molecule is CCOC(=O)CCC(=O)N(C)Cc1ccc2c(c1)OCO2. The zero-order valence-corrected chi connectivity index (χ0v) is 12.3. The van der Waals surface area contributed by atoms with E-state index < -0.39 is 0 Å². The predicted molar refractivity (Wildman–Crippen MR) is 74.9 cm³/mol. The molecule has 0 fully saturated rings. The molecule has 0 unspecified atom stereocenters. The van der Waals surface area contributed by atoms with Crippen molar-refractivity contribution in [2.24, 2.45) is 0 Å². The van der Waals surface area contributed by atoms with Gasteiger partial charge in [0.05, 0.1) is 13.0 Å². The number of amides is 1. The molecule has 1 amide bonds. The summed E-state index contributed by atoms with van der Waals surface area (Å²) < 4.78 is 15.3. The van der Waals surface area contributed by atoms with E-state index in [4.69, 9.17) is 14.2 Å². The van der Waals surface area contributed by atoms with Gasteiger partial charge in [-0.05, 0) is 24.6 Å². The molecule has 6 heteroatoms. The summed E-state index contributed by atoms with van der Waals surface area (Å²) in [7, 11) is 1.71. The lowest BCUT2D eigenvalue weighted by Crippen LogP contribution is -2.26. The van der Waals surface area contributed by atoms with E-state index in [0.29, 0.717) is 18.9 Å². The molecule has 1 aromatic rings. The topological polar surface area (TPSA) is 65.1 Å². The fourth-order valence-electron chi connectivity index (χ4n) is 2.03. The van der Waals surface area contributed by atoms with Gasteiger partial charge >= 0.3 is 5.97 Å². The zero-order chi connectivity index (χ0) is 15.2. The third-order valence-electron chi connectivity index (χ3n) is 3.13. The minimum absolute atomic E-state index is 0.0966. The molecule has 6 nitrogen and oxygen atoms in total. The van der Waals surface area contributed by atoms with Crippen LogP contribution in [-0.2, 0) is 20.9 Å². The molecule has 0 N–H and O–H groups in total. The number of carbonyl (C=O) groups excluding carboxylic acids is 2. The van der Waals surface area contributed by atoms with Crippen molar-refractivity contribution in [3.8, 4) is 11.5 Å². The Labute approximate surface area is 123 Å². The minimum atomic E-state index is -0.345. The van der Waals surface area contributed by atoms with Gasteiger partial charge in [-0.25, -0.2) is 0 Å². The summed E-state index contributed by atoms with van der Waals surface area (Å²) in [5.74, 6) is 0.970. The number of esters is 1. The van der Waals surface area contributed by atoms with Crippen molar-refractivity contribution in [1.29, 1.82) is 0 Å². The predicted octanol–water partition coefficient (Wildman–Crippen LogP) is 1.72. The van der Waals surface area contributed by atoms with Crippen LogP contribution in [0.2, 0.25) is 0 Å². The van der Waals surface area contributed by atoms with Gasteiger partial charge < -0.3 is 19.1 Å². The lowest BCUT2D eigenvalue weighted by molar-refractivity contribution is -0.145. The molecular formula is C15H19NO5. The molecule has 0 aliphatic carbocycles. The number of benzene rings is 1. The highest BCUT2D eigenvalue weighted by Gasteiger charge is 2.16. The molecule has 0 aromatic heterocycles. The fraction of sp³-hybridized carbons (Fsp3) is 0.467. The van der Waals surface area contributed by atoms with Crippen molar-refractivity contribution in [2.75, 3.05) is 20.4 Å². The Bertz CT molecular complexity index is 529. The van der Waals surface area contributed by atoms with E-state index in [0.717, 1.165) is 11.3 Å². The third-order valence-corrected chi connectivity index (χ3v) is 3.13. The van der Waals surface area contributed by atoms with Crippen LogP contribution in [0, 0.1) is 0 Å². The van der Waals surface area contributed by atoms with Crippen molar-refractivity contribution in [3.63, 3.8) is 0 Å². The number of hydrogen-bond donors (Lipinski definition) is 0. The summed E-state index contributed by atoms with van der Waals surface area (Å²) in [5, 5.41) is 0. The molecule has 0 radical (unpaired) electrons. The summed E-state index contributed by atoms with van der Waals surface area (Å²) in [5.41, 5.74) is 0.950. The first-order valence-electron chi connectivity index (χ1n) is 6.88. The van der Waals surface area contributed by atoms with E-state index in [2.05, 4.69) is 0 Å². The molecule has 0 saturated carbocycles. The van der Waals surface area contributed by atoms with Crippen LogP contribution < -0.4 is 9.47 Å². The van der Waals surface area contributed by atoms with Gasteiger partial charge in [-0.1, -0.05) is 6.07 Å². The molecule has 0 atom stereocenters. The van der Waals surface area contributed by atoms with Crippen LogP contribution in [0.1, 0.15) is 25.3 Å². The molecule has 0 saturated heterocycles. The summed E-state index contributed by atoms with van der Waals surface area (Å²) in [4.78, 5) is 24.8. The van der Waals surface area contributed by atoms with Crippen LogP contribution >= 0.6 is 0 Å². The average molecular weight is 293 g/mol. The second-order valence-corrected chi connectivity index (χ2v) is 4.74. The summed E-state index contributed by atoms with van der Waals surface area (Å²) in [6.07, 6.45) is 0.262. The van der Waals surface area contributed by atoms with Crippen LogP contribution in [-0.4, -0.2) is 37.2 Å². The van der Waals surface area contributed by atoms with E-state index in [9.17, 15) is 9.59 Å². The number of hydrogen-bond acceptors (Lipinski definition) is 5. The first-order chi connectivity index (χ1) is 10.1. The van der Waals surface area contributed by atoms with E-state index in [1.807, 2.05) is 18.2 Å². The van der Waals surface area contributed by atoms with Gasteiger partial charge in [-0.2, -0.15) is 0 Å². The molecule has 1 aliphatic rings. The van der Waals surface area contributed by atoms with Crippen molar-refractivity contribution in [3.05, 3.63) is 23.8 Å². The number of rotatable bonds is 6. The van der Waals surface area contributed by atoms with Gasteiger partial charge in [-0.15, -0.1) is 0 Å². The lowest BCUT2D eigenvalue weighted by Gasteiger charge is -2.17. The van der Waals surface area contributed by atoms with E-state index >= 15 is 0 Å². The molecular weight excluding hydrogens is 274 g/mol. The molecule has 114 valence electrons. The smallest absolute Gasteiger partial charge is 0.306 e. The molecule has 0 spiro atoms. The minimum Gasteiger partial charge on any atom is -0.466 e. The van der Waals surface area contributed by atoms with Gasteiger partial charge in [0.2, 0.25) is 12.7 Å². The normalized spacial score (nSPS) is 12.1. The molecule has 1 aliphatic heterocycles. The first-order valence-corrected chi connectivity index (χ1v) is 6.88. The Morgan fingerprint density at radius 1 is 1.24 bits per heavy atom. The fourth-order valence-corrected chi connectivity index (χ4v) is 2.03. The van der Waals surface area contributed by atoms with Crippen LogP contribution in [0.3, 0.4) is 0 Å². The number of fused-ring (bicyclic) bond motifs is 1. The zero-order valence-electron chi connectivity index (χ0n) is 12.3. The van der Waals surface area contributed by atoms with Crippen molar-refractivity contribution < 1.29 is 23.8 Å². The van der Waals surface area contributed by atoms with Gasteiger partial charge in [0.1, 0.15) is 0 Å². The summed E-state index contributed by atoms with van der Waals surface area (Å²) in [6.45, 7) is 2.76. The lowest BCUT2D eigenvalue weighted by atomic mass is 10.2.